The van der Waals surface area contributed by atoms with Crippen molar-refractivity contribution in [3.8, 4) is 11.1 Å². The van der Waals surface area contributed by atoms with Gasteiger partial charge in [-0.25, -0.2) is 0 Å². The van der Waals surface area contributed by atoms with E-state index in [4.69, 9.17) is 0 Å². The van der Waals surface area contributed by atoms with Crippen LogP contribution in [0.3, 0.4) is 0 Å². The molecule has 0 aliphatic heterocycles. The Bertz CT molecular complexity index is 848. The van der Waals surface area contributed by atoms with Crippen molar-refractivity contribution in [1.82, 2.24) is 0 Å². The van der Waals surface area contributed by atoms with Crippen molar-refractivity contribution in [2.75, 3.05) is 0 Å². The minimum atomic E-state index is 0.211. The average molecular weight is 326 g/mol. The first-order chi connectivity index (χ1) is 12.4. The van der Waals surface area contributed by atoms with Gasteiger partial charge in [0, 0.05) is 5.41 Å². The zero-order valence-electron chi connectivity index (χ0n) is 14.9. The summed E-state index contributed by atoms with van der Waals surface area (Å²) in [7, 11) is 0. The third-order valence-corrected chi connectivity index (χ3v) is 6.78. The molecule has 0 spiro atoms. The molecule has 25 heavy (non-hydrogen) atoms. The lowest BCUT2D eigenvalue weighted by molar-refractivity contribution is 0.244. The summed E-state index contributed by atoms with van der Waals surface area (Å²) in [4.78, 5) is 0. The van der Waals surface area contributed by atoms with Crippen LogP contribution in [0.1, 0.15) is 55.2 Å². The standard InChI is InChI=1S/C25H26/c1-3-11-20(12-4-1)25(16-7-2-8-17-25)24-15-9-14-22-21-13-6-5-10-19(21)18-23(22)24/h2,5-10,13-16,20H,1,3-4,11-12,17-18H2. The first-order valence-corrected chi connectivity index (χ1v) is 9.93. The van der Waals surface area contributed by atoms with E-state index in [1.54, 1.807) is 11.1 Å². The van der Waals surface area contributed by atoms with Crippen LogP contribution in [0.15, 0.2) is 66.8 Å². The Morgan fingerprint density at radius 3 is 2.48 bits per heavy atom. The third kappa shape index (κ3) is 2.34. The van der Waals surface area contributed by atoms with Gasteiger partial charge in [0.1, 0.15) is 0 Å². The largest absolute Gasteiger partial charge is 0.0833 e. The summed E-state index contributed by atoms with van der Waals surface area (Å²) in [6.07, 6.45) is 18.7. The highest BCUT2D eigenvalue weighted by atomic mass is 14.4. The molecule has 3 aliphatic rings. The van der Waals surface area contributed by atoms with Gasteiger partial charge in [-0.2, -0.15) is 0 Å². The van der Waals surface area contributed by atoms with Gasteiger partial charge in [0.05, 0.1) is 0 Å². The van der Waals surface area contributed by atoms with Crippen molar-refractivity contribution < 1.29 is 0 Å². The second kappa shape index (κ2) is 6.02. The molecule has 1 unspecified atom stereocenters. The van der Waals surface area contributed by atoms with Crippen LogP contribution in [0.25, 0.3) is 11.1 Å². The fraction of sp³-hybridized carbons (Fsp3) is 0.360. The molecule has 0 radical (unpaired) electrons. The Hall–Kier alpha value is -2.08. The minimum absolute atomic E-state index is 0.211. The molecule has 0 aromatic heterocycles. The molecule has 126 valence electrons. The summed E-state index contributed by atoms with van der Waals surface area (Å²) < 4.78 is 0. The van der Waals surface area contributed by atoms with Crippen molar-refractivity contribution in [2.24, 2.45) is 5.92 Å². The molecule has 2 aromatic rings. The molecule has 0 heteroatoms. The Morgan fingerprint density at radius 1 is 0.800 bits per heavy atom. The van der Waals surface area contributed by atoms with Crippen LogP contribution >= 0.6 is 0 Å². The summed E-state index contributed by atoms with van der Waals surface area (Å²) in [5.74, 6) is 0.790. The van der Waals surface area contributed by atoms with Gasteiger partial charge in [-0.3, -0.25) is 0 Å². The Morgan fingerprint density at radius 2 is 1.64 bits per heavy atom. The number of hydrogen-bond donors (Lipinski definition) is 0. The van der Waals surface area contributed by atoms with Crippen molar-refractivity contribution in [3.05, 3.63) is 83.5 Å². The van der Waals surface area contributed by atoms with Crippen LogP contribution < -0.4 is 0 Å². The summed E-state index contributed by atoms with van der Waals surface area (Å²) in [6.45, 7) is 0. The monoisotopic (exact) mass is 326 g/mol. The molecule has 0 nitrogen and oxygen atoms in total. The number of benzene rings is 2. The van der Waals surface area contributed by atoms with Crippen LogP contribution in [0.2, 0.25) is 0 Å². The van der Waals surface area contributed by atoms with Gasteiger partial charge in [-0.05, 0) is 59.4 Å². The lowest BCUT2D eigenvalue weighted by atomic mass is 9.61. The number of rotatable bonds is 2. The molecule has 0 saturated heterocycles. The van der Waals surface area contributed by atoms with E-state index in [0.29, 0.717) is 0 Å². The molecule has 1 atom stereocenters. The molecule has 2 aromatic carbocycles. The normalized spacial score (nSPS) is 25.0. The lowest BCUT2D eigenvalue weighted by Gasteiger charge is -2.43. The van der Waals surface area contributed by atoms with E-state index in [2.05, 4.69) is 66.8 Å². The van der Waals surface area contributed by atoms with Crippen LogP contribution in [0.5, 0.6) is 0 Å². The molecule has 0 bridgehead atoms. The summed E-state index contributed by atoms with van der Waals surface area (Å²) in [5, 5.41) is 0. The lowest BCUT2D eigenvalue weighted by Crippen LogP contribution is -2.36. The van der Waals surface area contributed by atoms with Crippen molar-refractivity contribution in [3.63, 3.8) is 0 Å². The summed E-state index contributed by atoms with van der Waals surface area (Å²) in [5.41, 5.74) is 7.84. The quantitative estimate of drug-likeness (QED) is 0.498. The van der Waals surface area contributed by atoms with E-state index in [9.17, 15) is 0 Å². The second-order valence-electron chi connectivity index (χ2n) is 8.03. The average Bonchev–Trinajstić information content (AvgIpc) is 3.08. The van der Waals surface area contributed by atoms with Gasteiger partial charge < -0.3 is 0 Å². The fourth-order valence-electron chi connectivity index (χ4n) is 5.57. The zero-order chi connectivity index (χ0) is 16.7. The van der Waals surface area contributed by atoms with E-state index >= 15 is 0 Å². The number of fused-ring (bicyclic) bond motifs is 3. The van der Waals surface area contributed by atoms with Gasteiger partial charge in [0.2, 0.25) is 0 Å². The maximum absolute atomic E-state index is 2.54. The number of allylic oxidation sites excluding steroid dienone is 4. The molecular formula is C25H26. The number of hydrogen-bond acceptors (Lipinski definition) is 0. The molecule has 0 amide bonds. The topological polar surface area (TPSA) is 0 Å². The maximum atomic E-state index is 2.54. The first-order valence-electron chi connectivity index (χ1n) is 9.93. The minimum Gasteiger partial charge on any atom is -0.0833 e. The second-order valence-corrected chi connectivity index (χ2v) is 8.03. The molecule has 5 rings (SSSR count). The van der Waals surface area contributed by atoms with Crippen molar-refractivity contribution in [2.45, 2.75) is 50.4 Å². The van der Waals surface area contributed by atoms with E-state index < -0.39 is 0 Å². The highest BCUT2D eigenvalue weighted by Crippen LogP contribution is 2.50. The Kier molecular flexibility index (Phi) is 3.66. The smallest absolute Gasteiger partial charge is 0.0201 e. The maximum Gasteiger partial charge on any atom is 0.0201 e. The third-order valence-electron chi connectivity index (χ3n) is 6.78. The molecule has 1 saturated carbocycles. The SMILES string of the molecule is C1=CCC(c2cccc3c2Cc2ccccc2-3)(C2CCCCC2)C=C1. The zero-order valence-corrected chi connectivity index (χ0v) is 14.9. The predicted molar refractivity (Wildman–Crippen MR) is 106 cm³/mol. The molecule has 0 N–H and O–H groups in total. The molecule has 0 heterocycles. The summed E-state index contributed by atoms with van der Waals surface area (Å²) in [6, 6.07) is 16.0. The summed E-state index contributed by atoms with van der Waals surface area (Å²) >= 11 is 0. The van der Waals surface area contributed by atoms with Crippen molar-refractivity contribution in [1.29, 1.82) is 0 Å². The predicted octanol–water partition coefficient (Wildman–Crippen LogP) is 6.59. The van der Waals surface area contributed by atoms with Gasteiger partial charge in [0.15, 0.2) is 0 Å². The Balaban J connectivity index is 1.66. The highest BCUT2D eigenvalue weighted by Gasteiger charge is 2.41. The van der Waals surface area contributed by atoms with E-state index in [1.807, 2.05) is 0 Å². The van der Waals surface area contributed by atoms with Gasteiger partial charge >= 0.3 is 0 Å². The van der Waals surface area contributed by atoms with Crippen LogP contribution in [0.4, 0.5) is 0 Å². The molecular weight excluding hydrogens is 300 g/mol. The van der Waals surface area contributed by atoms with Gasteiger partial charge in [-0.1, -0.05) is 86.0 Å². The fourth-order valence-corrected chi connectivity index (χ4v) is 5.57. The van der Waals surface area contributed by atoms with Crippen LogP contribution in [0, 0.1) is 5.92 Å². The van der Waals surface area contributed by atoms with Crippen molar-refractivity contribution >= 4 is 0 Å². The Labute approximate surface area is 151 Å². The first kappa shape index (κ1) is 15.2. The van der Waals surface area contributed by atoms with E-state index in [0.717, 1.165) is 12.3 Å². The van der Waals surface area contributed by atoms with Gasteiger partial charge in [0.25, 0.3) is 0 Å². The molecule has 3 aliphatic carbocycles. The van der Waals surface area contributed by atoms with Gasteiger partial charge in [-0.15, -0.1) is 0 Å². The van der Waals surface area contributed by atoms with Crippen LogP contribution in [-0.2, 0) is 11.8 Å². The van der Waals surface area contributed by atoms with E-state index in [-0.39, 0.29) is 5.41 Å². The van der Waals surface area contributed by atoms with E-state index in [1.165, 1.54) is 55.2 Å². The molecule has 1 fully saturated rings. The highest BCUT2D eigenvalue weighted by molar-refractivity contribution is 5.78. The van der Waals surface area contributed by atoms with Crippen LogP contribution in [-0.4, -0.2) is 0 Å².